The number of hydrogen-bond acceptors (Lipinski definition) is 3. The minimum Gasteiger partial charge on any atom is -0.309 e. The molecule has 240 valence electrons. The zero-order chi connectivity index (χ0) is 33.7. The highest BCUT2D eigenvalue weighted by Gasteiger charge is 2.18. The van der Waals surface area contributed by atoms with Crippen LogP contribution in [0.15, 0.2) is 186 Å². The normalized spacial score (nSPS) is 13.4. The predicted molar refractivity (Wildman–Crippen MR) is 218 cm³/mol. The van der Waals surface area contributed by atoms with Crippen LogP contribution in [0.1, 0.15) is 23.1 Å². The van der Waals surface area contributed by atoms with Gasteiger partial charge in [-0.3, -0.25) is 0 Å². The van der Waals surface area contributed by atoms with Gasteiger partial charge in [-0.05, 0) is 59.2 Å². The number of para-hydroxylation sites is 2. The van der Waals surface area contributed by atoms with Crippen LogP contribution in [0.3, 0.4) is 0 Å². The zero-order valence-electron chi connectivity index (χ0n) is 27.7. The van der Waals surface area contributed by atoms with Crippen LogP contribution in [0.4, 0.5) is 0 Å². The molecule has 0 radical (unpaired) electrons. The fraction of sp³-hybridized carbons (Fsp3) is 0.0213. The summed E-state index contributed by atoms with van der Waals surface area (Å²) in [5, 5.41) is 5.02. The van der Waals surface area contributed by atoms with E-state index in [4.69, 9.17) is 9.98 Å². The van der Waals surface area contributed by atoms with E-state index in [2.05, 4.69) is 156 Å². The van der Waals surface area contributed by atoms with E-state index < -0.39 is 0 Å². The van der Waals surface area contributed by atoms with Gasteiger partial charge in [-0.2, -0.15) is 0 Å². The molecule has 51 heavy (non-hydrogen) atoms. The van der Waals surface area contributed by atoms with E-state index in [1.807, 2.05) is 35.6 Å². The summed E-state index contributed by atoms with van der Waals surface area (Å²) in [6.07, 6.45) is 2.94. The predicted octanol–water partition coefficient (Wildman–Crippen LogP) is 12.5. The van der Waals surface area contributed by atoms with Crippen LogP contribution in [0.25, 0.3) is 64.5 Å². The minimum absolute atomic E-state index is 0.699. The Bertz CT molecular complexity index is 2860. The van der Waals surface area contributed by atoms with Crippen molar-refractivity contribution in [1.82, 2.24) is 4.57 Å². The molecule has 0 unspecified atom stereocenters. The number of fused-ring (bicyclic) bond motifs is 6. The van der Waals surface area contributed by atoms with Crippen LogP contribution in [0.2, 0.25) is 0 Å². The van der Waals surface area contributed by atoms with E-state index in [-0.39, 0.29) is 0 Å². The van der Waals surface area contributed by atoms with Gasteiger partial charge in [-0.1, -0.05) is 133 Å². The Morgan fingerprint density at radius 1 is 0.471 bits per heavy atom. The van der Waals surface area contributed by atoms with Crippen molar-refractivity contribution in [3.05, 3.63) is 193 Å². The van der Waals surface area contributed by atoms with Crippen molar-refractivity contribution in [2.75, 3.05) is 0 Å². The van der Waals surface area contributed by atoms with Gasteiger partial charge in [0.1, 0.15) is 0 Å². The summed E-state index contributed by atoms with van der Waals surface area (Å²) in [6.45, 7) is 0. The van der Waals surface area contributed by atoms with E-state index in [0.717, 1.165) is 33.9 Å². The fourth-order valence-corrected chi connectivity index (χ4v) is 8.65. The van der Waals surface area contributed by atoms with Crippen molar-refractivity contribution in [2.24, 2.45) is 9.98 Å². The highest BCUT2D eigenvalue weighted by atomic mass is 32.1. The molecule has 3 heterocycles. The number of allylic oxidation sites excluding steroid dienone is 1. The van der Waals surface area contributed by atoms with E-state index in [1.165, 1.54) is 58.8 Å². The van der Waals surface area contributed by atoms with Crippen LogP contribution in [0.5, 0.6) is 0 Å². The Labute approximate surface area is 299 Å². The third kappa shape index (κ3) is 5.11. The van der Waals surface area contributed by atoms with Crippen molar-refractivity contribution in [3.63, 3.8) is 0 Å². The molecule has 7 aromatic carbocycles. The summed E-state index contributed by atoms with van der Waals surface area (Å²) in [5.74, 6) is 0.737. The van der Waals surface area contributed by atoms with Gasteiger partial charge < -0.3 is 4.57 Å². The Morgan fingerprint density at radius 3 is 1.98 bits per heavy atom. The summed E-state index contributed by atoms with van der Waals surface area (Å²) < 4.78 is 4.89. The lowest BCUT2D eigenvalue weighted by atomic mass is 9.99. The Kier molecular flexibility index (Phi) is 7.07. The number of benzene rings is 7. The molecule has 3 nitrogen and oxygen atoms in total. The molecule has 1 aliphatic rings. The third-order valence-electron chi connectivity index (χ3n) is 9.89. The Morgan fingerprint density at radius 2 is 1.16 bits per heavy atom. The van der Waals surface area contributed by atoms with E-state index in [0.29, 0.717) is 6.42 Å². The molecule has 2 aromatic heterocycles. The first-order chi connectivity index (χ1) is 25.3. The van der Waals surface area contributed by atoms with E-state index in [1.54, 1.807) is 0 Å². The van der Waals surface area contributed by atoms with Crippen molar-refractivity contribution in [1.29, 1.82) is 0 Å². The van der Waals surface area contributed by atoms with Crippen molar-refractivity contribution in [2.45, 2.75) is 6.42 Å². The molecular weight excluding hydrogens is 639 g/mol. The summed E-state index contributed by atoms with van der Waals surface area (Å²) in [4.78, 5) is 10.4. The molecule has 0 N–H and O–H groups in total. The van der Waals surface area contributed by atoms with Gasteiger partial charge in [0.25, 0.3) is 0 Å². The number of aromatic nitrogens is 1. The Balaban J connectivity index is 1.09. The lowest BCUT2D eigenvalue weighted by Crippen LogP contribution is -2.04. The van der Waals surface area contributed by atoms with Gasteiger partial charge in [0, 0.05) is 54.2 Å². The van der Waals surface area contributed by atoms with Crippen molar-refractivity contribution in [3.8, 4) is 16.8 Å². The van der Waals surface area contributed by atoms with Crippen LogP contribution in [0, 0.1) is 0 Å². The lowest BCUT2D eigenvalue weighted by molar-refractivity contribution is 1.18. The van der Waals surface area contributed by atoms with Gasteiger partial charge in [0.2, 0.25) is 0 Å². The summed E-state index contributed by atoms with van der Waals surface area (Å²) in [7, 11) is 0. The molecule has 0 fully saturated rings. The maximum absolute atomic E-state index is 5.26. The topological polar surface area (TPSA) is 29.6 Å². The third-order valence-corrected chi connectivity index (χ3v) is 11.0. The average Bonchev–Trinajstić information content (AvgIpc) is 3.64. The number of rotatable bonds is 5. The SMILES string of the molecule is C1=C(c2cccc3sc4cc(-c5ccc6c(c5)c5ccccc5n6-c5ccccc5)ccc4c23)N=C(c2ccccc2)N=C(c2ccccc2)C1. The largest absolute Gasteiger partial charge is 0.309 e. The lowest BCUT2D eigenvalue weighted by Gasteiger charge is -2.08. The first-order valence-corrected chi connectivity index (χ1v) is 18.1. The van der Waals surface area contributed by atoms with Crippen molar-refractivity contribution < 1.29 is 0 Å². The molecule has 0 saturated heterocycles. The van der Waals surface area contributed by atoms with Crippen LogP contribution in [-0.4, -0.2) is 16.1 Å². The smallest absolute Gasteiger partial charge is 0.160 e. The van der Waals surface area contributed by atoms with Crippen LogP contribution < -0.4 is 0 Å². The molecule has 0 amide bonds. The molecule has 4 heteroatoms. The number of amidine groups is 1. The van der Waals surface area contributed by atoms with Crippen molar-refractivity contribution >= 4 is 70.6 Å². The number of thiophene rings is 1. The number of aliphatic imine (C=N–C) groups is 2. The first kappa shape index (κ1) is 29.5. The summed E-state index contributed by atoms with van der Waals surface area (Å²) in [6, 6.07) is 60.5. The Hall–Kier alpha value is -6.36. The van der Waals surface area contributed by atoms with Crippen LogP contribution >= 0.6 is 11.3 Å². The first-order valence-electron chi connectivity index (χ1n) is 17.3. The molecule has 9 aromatic rings. The second-order valence-corrected chi connectivity index (χ2v) is 14.0. The average molecular weight is 670 g/mol. The standard InChI is InChI=1S/C47H31N3S/c1-4-13-31(14-5-1)40-26-27-41(49-47(48-40)32-15-6-2-7-16-32)37-20-12-22-44-46(37)38-25-23-34(30-45(38)51-44)33-24-28-43-39(29-33)36-19-10-11-21-42(36)50(43)35-17-8-3-9-18-35/h1-25,27-30H,26H2. The van der Waals surface area contributed by atoms with Gasteiger partial charge in [0.15, 0.2) is 5.84 Å². The van der Waals surface area contributed by atoms with Gasteiger partial charge in [-0.25, -0.2) is 9.98 Å². The molecule has 0 bridgehead atoms. The van der Waals surface area contributed by atoms with Gasteiger partial charge in [0.05, 0.1) is 22.4 Å². The maximum atomic E-state index is 5.26. The molecule has 0 atom stereocenters. The minimum atomic E-state index is 0.699. The second-order valence-electron chi connectivity index (χ2n) is 12.9. The fourth-order valence-electron chi connectivity index (χ4n) is 7.48. The molecule has 1 aliphatic heterocycles. The zero-order valence-corrected chi connectivity index (χ0v) is 28.5. The molecule has 0 spiro atoms. The van der Waals surface area contributed by atoms with Gasteiger partial charge >= 0.3 is 0 Å². The molecular formula is C47H31N3S. The molecule has 0 aliphatic carbocycles. The number of hydrogen-bond donors (Lipinski definition) is 0. The maximum Gasteiger partial charge on any atom is 0.160 e. The quantitative estimate of drug-likeness (QED) is 0.175. The summed E-state index contributed by atoms with van der Waals surface area (Å²) >= 11 is 1.85. The van der Waals surface area contributed by atoms with Crippen LogP contribution in [-0.2, 0) is 0 Å². The summed E-state index contributed by atoms with van der Waals surface area (Å²) in [5.41, 5.74) is 11.3. The van der Waals surface area contributed by atoms with Gasteiger partial charge in [-0.15, -0.1) is 11.3 Å². The number of nitrogens with zero attached hydrogens (tertiary/aromatic N) is 3. The highest BCUT2D eigenvalue weighted by molar-refractivity contribution is 7.25. The monoisotopic (exact) mass is 669 g/mol. The molecule has 0 saturated carbocycles. The molecule has 10 rings (SSSR count). The highest BCUT2D eigenvalue weighted by Crippen LogP contribution is 2.42. The second kappa shape index (κ2) is 12.2. The van der Waals surface area contributed by atoms with E-state index in [9.17, 15) is 0 Å². The van der Waals surface area contributed by atoms with E-state index >= 15 is 0 Å².